The highest BCUT2D eigenvalue weighted by atomic mass is 35.5. The van der Waals surface area contributed by atoms with Gasteiger partial charge in [-0.3, -0.25) is 0 Å². The average molecular weight is 387 g/mol. The van der Waals surface area contributed by atoms with Gasteiger partial charge in [0.1, 0.15) is 5.58 Å². The van der Waals surface area contributed by atoms with E-state index in [1.54, 1.807) is 18.2 Å². The van der Waals surface area contributed by atoms with Crippen LogP contribution in [0.3, 0.4) is 0 Å². The number of aliphatic hydroxyl groups excluding tert-OH is 1. The fourth-order valence-corrected chi connectivity index (χ4v) is 3.11. The van der Waals surface area contributed by atoms with Crippen molar-refractivity contribution in [1.82, 2.24) is 0 Å². The maximum Gasteiger partial charge on any atom is 0.417 e. The van der Waals surface area contributed by atoms with Gasteiger partial charge >= 0.3 is 11.8 Å². The van der Waals surface area contributed by atoms with Gasteiger partial charge < -0.3 is 9.52 Å². The first-order valence-corrected chi connectivity index (χ1v) is 8.34. The van der Waals surface area contributed by atoms with Gasteiger partial charge in [0, 0.05) is 20.9 Å². The zero-order valence-electron chi connectivity index (χ0n) is 12.4. The van der Waals surface area contributed by atoms with Crippen LogP contribution in [0.5, 0.6) is 0 Å². The summed E-state index contributed by atoms with van der Waals surface area (Å²) in [6.45, 7) is 0. The molecule has 3 aromatic rings. The lowest BCUT2D eigenvalue weighted by atomic mass is 10.00. The molecular formula is C17H10ClF3O3S. The molecule has 3 rings (SSSR count). The van der Waals surface area contributed by atoms with Crippen LogP contribution in [0.15, 0.2) is 56.6 Å². The minimum atomic E-state index is -4.66. The van der Waals surface area contributed by atoms with Crippen LogP contribution in [0.4, 0.5) is 13.2 Å². The SMILES string of the molecule is O=c1oc2cc(SCO)ccc2cc1-c1ccc(Cl)cc1C(F)(F)F. The van der Waals surface area contributed by atoms with E-state index < -0.39 is 17.4 Å². The number of halogens is 4. The molecule has 1 heterocycles. The van der Waals surface area contributed by atoms with Crippen molar-refractivity contribution in [3.63, 3.8) is 0 Å². The summed E-state index contributed by atoms with van der Waals surface area (Å²) >= 11 is 6.80. The van der Waals surface area contributed by atoms with Gasteiger partial charge in [0.25, 0.3) is 0 Å². The minimum Gasteiger partial charge on any atom is -0.422 e. The van der Waals surface area contributed by atoms with Crippen molar-refractivity contribution in [3.05, 3.63) is 63.5 Å². The number of hydrogen-bond donors (Lipinski definition) is 1. The van der Waals surface area contributed by atoms with Gasteiger partial charge in [-0.1, -0.05) is 35.5 Å². The first-order valence-electron chi connectivity index (χ1n) is 6.98. The average Bonchev–Trinajstić information content (AvgIpc) is 2.54. The van der Waals surface area contributed by atoms with Gasteiger partial charge in [-0.2, -0.15) is 13.2 Å². The van der Waals surface area contributed by atoms with E-state index >= 15 is 0 Å². The summed E-state index contributed by atoms with van der Waals surface area (Å²) in [4.78, 5) is 12.9. The number of aliphatic hydroxyl groups is 1. The van der Waals surface area contributed by atoms with E-state index in [2.05, 4.69) is 0 Å². The topological polar surface area (TPSA) is 50.4 Å². The molecule has 2 aromatic carbocycles. The first kappa shape index (κ1) is 17.8. The van der Waals surface area contributed by atoms with E-state index in [0.29, 0.717) is 10.3 Å². The predicted octanol–water partition coefficient (Wildman–Crippen LogP) is 5.17. The molecule has 0 aliphatic carbocycles. The van der Waals surface area contributed by atoms with Crippen LogP contribution in [-0.2, 0) is 6.18 Å². The normalized spacial score (nSPS) is 11.9. The third-order valence-corrected chi connectivity index (χ3v) is 4.47. The largest absolute Gasteiger partial charge is 0.422 e. The Bertz CT molecular complexity index is 999. The maximum absolute atomic E-state index is 13.3. The molecule has 0 aliphatic heterocycles. The molecule has 25 heavy (non-hydrogen) atoms. The maximum atomic E-state index is 13.3. The molecule has 0 radical (unpaired) electrons. The van der Waals surface area contributed by atoms with Crippen LogP contribution in [0.1, 0.15) is 5.56 Å². The third-order valence-electron chi connectivity index (χ3n) is 3.52. The number of hydrogen-bond acceptors (Lipinski definition) is 4. The summed E-state index contributed by atoms with van der Waals surface area (Å²) in [5.41, 5.74) is -2.14. The monoisotopic (exact) mass is 386 g/mol. The molecule has 8 heteroatoms. The fourth-order valence-electron chi connectivity index (χ4n) is 2.43. The second kappa shape index (κ2) is 6.74. The summed E-state index contributed by atoms with van der Waals surface area (Å²) in [7, 11) is 0. The second-order valence-corrected chi connectivity index (χ2v) is 6.56. The molecule has 0 spiro atoms. The van der Waals surface area contributed by atoms with Gasteiger partial charge in [0.05, 0.1) is 17.1 Å². The van der Waals surface area contributed by atoms with Crippen molar-refractivity contribution >= 4 is 34.3 Å². The number of fused-ring (bicyclic) bond motifs is 1. The van der Waals surface area contributed by atoms with Crippen LogP contribution < -0.4 is 5.63 Å². The summed E-state index contributed by atoms with van der Waals surface area (Å²) in [6, 6.07) is 9.42. The number of rotatable bonds is 3. The molecule has 1 N–H and O–H groups in total. The molecule has 130 valence electrons. The van der Waals surface area contributed by atoms with Crippen molar-refractivity contribution in [2.45, 2.75) is 11.1 Å². The molecule has 0 saturated heterocycles. The minimum absolute atomic E-state index is 0.0769. The Morgan fingerprint density at radius 3 is 2.52 bits per heavy atom. The summed E-state index contributed by atoms with van der Waals surface area (Å²) in [6.07, 6.45) is -4.66. The van der Waals surface area contributed by atoms with E-state index in [4.69, 9.17) is 21.1 Å². The molecular weight excluding hydrogens is 377 g/mol. The highest BCUT2D eigenvalue weighted by Gasteiger charge is 2.34. The Balaban J connectivity index is 2.22. The predicted molar refractivity (Wildman–Crippen MR) is 90.9 cm³/mol. The lowest BCUT2D eigenvalue weighted by Gasteiger charge is -2.13. The number of thioether (sulfide) groups is 1. The van der Waals surface area contributed by atoms with E-state index in [9.17, 15) is 18.0 Å². The van der Waals surface area contributed by atoms with E-state index in [0.717, 1.165) is 23.9 Å². The molecule has 0 unspecified atom stereocenters. The molecule has 0 saturated carbocycles. The van der Waals surface area contributed by atoms with Crippen molar-refractivity contribution in [2.24, 2.45) is 0 Å². The van der Waals surface area contributed by atoms with Crippen molar-refractivity contribution in [3.8, 4) is 11.1 Å². The molecule has 0 fully saturated rings. The Morgan fingerprint density at radius 1 is 1.08 bits per heavy atom. The van der Waals surface area contributed by atoms with E-state index in [1.165, 1.54) is 12.1 Å². The van der Waals surface area contributed by atoms with Gasteiger partial charge in [0.2, 0.25) is 0 Å². The molecule has 0 aliphatic rings. The van der Waals surface area contributed by atoms with Gasteiger partial charge in [-0.25, -0.2) is 4.79 Å². The smallest absolute Gasteiger partial charge is 0.417 e. The van der Waals surface area contributed by atoms with Gasteiger partial charge in [-0.15, -0.1) is 0 Å². The van der Waals surface area contributed by atoms with Gasteiger partial charge in [0.15, 0.2) is 0 Å². The Morgan fingerprint density at radius 2 is 1.84 bits per heavy atom. The molecule has 1 aromatic heterocycles. The van der Waals surface area contributed by atoms with Crippen LogP contribution in [-0.4, -0.2) is 11.0 Å². The summed E-state index contributed by atoms with van der Waals surface area (Å²) in [5, 5.41) is 9.32. The van der Waals surface area contributed by atoms with Crippen molar-refractivity contribution in [2.75, 3.05) is 5.94 Å². The van der Waals surface area contributed by atoms with Crippen LogP contribution in [0.2, 0.25) is 5.02 Å². The van der Waals surface area contributed by atoms with Crippen LogP contribution in [0.25, 0.3) is 22.1 Å². The fraction of sp³-hybridized carbons (Fsp3) is 0.118. The molecule has 0 amide bonds. The molecule has 0 bridgehead atoms. The lowest BCUT2D eigenvalue weighted by molar-refractivity contribution is -0.137. The summed E-state index contributed by atoms with van der Waals surface area (Å²) < 4.78 is 45.0. The third kappa shape index (κ3) is 3.68. The zero-order valence-corrected chi connectivity index (χ0v) is 14.0. The Labute approximate surface area is 149 Å². The van der Waals surface area contributed by atoms with E-state index in [-0.39, 0.29) is 27.7 Å². The highest BCUT2D eigenvalue weighted by Crippen LogP contribution is 2.38. The Hall–Kier alpha value is -1.96. The Kier molecular flexibility index (Phi) is 4.81. The lowest BCUT2D eigenvalue weighted by Crippen LogP contribution is -2.11. The van der Waals surface area contributed by atoms with Crippen molar-refractivity contribution < 1.29 is 22.7 Å². The number of alkyl halides is 3. The quantitative estimate of drug-likeness (QED) is 0.383. The summed E-state index contributed by atoms with van der Waals surface area (Å²) in [5.74, 6) is -0.145. The van der Waals surface area contributed by atoms with Crippen molar-refractivity contribution in [1.29, 1.82) is 0 Å². The standard InChI is InChI=1S/C17H10ClF3O3S/c18-10-2-4-12(14(6-10)17(19,20)21)13-5-9-1-3-11(25-8-22)7-15(9)24-16(13)23/h1-7,22H,8H2. The van der Waals surface area contributed by atoms with Crippen LogP contribution >= 0.6 is 23.4 Å². The second-order valence-electron chi connectivity index (χ2n) is 5.11. The van der Waals surface area contributed by atoms with E-state index in [1.807, 2.05) is 0 Å². The van der Waals surface area contributed by atoms with Gasteiger partial charge in [-0.05, 0) is 30.3 Å². The molecule has 3 nitrogen and oxygen atoms in total. The number of benzene rings is 2. The molecule has 0 atom stereocenters. The first-order chi connectivity index (χ1) is 11.8. The van der Waals surface area contributed by atoms with Crippen LogP contribution in [0, 0.1) is 0 Å². The highest BCUT2D eigenvalue weighted by molar-refractivity contribution is 7.99. The zero-order chi connectivity index (χ0) is 18.2.